The minimum Gasteiger partial charge on any atom is -0.311 e. The lowest BCUT2D eigenvalue weighted by molar-refractivity contribution is -0.121. The molecular formula is C18H14N2O2. The standard InChI is InChI=1S/C18H14N2O2/c1-20-16(17(21)19-18(20)22)13-9-8-12-7-6-11-4-2-3-5-14(11)15(12)10-13/h2-10,16H,1H3,(H,19,21,22). The van der Waals surface area contributed by atoms with Gasteiger partial charge in [-0.1, -0.05) is 48.5 Å². The molecule has 0 bridgehead atoms. The fourth-order valence-corrected chi connectivity index (χ4v) is 3.12. The van der Waals surface area contributed by atoms with Gasteiger partial charge in [0.1, 0.15) is 6.04 Å². The monoisotopic (exact) mass is 290 g/mol. The van der Waals surface area contributed by atoms with Crippen molar-refractivity contribution >= 4 is 33.5 Å². The normalized spacial score (nSPS) is 18.2. The van der Waals surface area contributed by atoms with E-state index in [1.807, 2.05) is 30.3 Å². The highest BCUT2D eigenvalue weighted by Crippen LogP contribution is 2.31. The fraction of sp³-hybridized carbons (Fsp3) is 0.111. The van der Waals surface area contributed by atoms with E-state index in [1.54, 1.807) is 7.05 Å². The molecule has 22 heavy (non-hydrogen) atoms. The molecule has 1 aliphatic heterocycles. The molecule has 0 aromatic heterocycles. The minimum absolute atomic E-state index is 0.271. The number of hydrogen-bond acceptors (Lipinski definition) is 2. The number of likely N-dealkylation sites (N-methyl/N-ethyl adjacent to an activating group) is 1. The van der Waals surface area contributed by atoms with Crippen molar-refractivity contribution in [3.05, 3.63) is 60.2 Å². The minimum atomic E-state index is -0.559. The number of imide groups is 1. The van der Waals surface area contributed by atoms with Crippen LogP contribution in [0.3, 0.4) is 0 Å². The number of nitrogens with zero attached hydrogens (tertiary/aromatic N) is 1. The van der Waals surface area contributed by atoms with Crippen LogP contribution in [0.2, 0.25) is 0 Å². The third-order valence-electron chi connectivity index (χ3n) is 4.27. The molecular weight excluding hydrogens is 276 g/mol. The Balaban J connectivity index is 1.95. The van der Waals surface area contributed by atoms with Gasteiger partial charge in [-0.2, -0.15) is 0 Å². The van der Waals surface area contributed by atoms with Crippen molar-refractivity contribution in [2.24, 2.45) is 0 Å². The molecule has 1 aliphatic rings. The molecule has 3 aromatic carbocycles. The summed E-state index contributed by atoms with van der Waals surface area (Å²) in [5.74, 6) is -0.271. The van der Waals surface area contributed by atoms with Gasteiger partial charge >= 0.3 is 6.03 Å². The second-order valence-electron chi connectivity index (χ2n) is 5.58. The summed E-state index contributed by atoms with van der Waals surface area (Å²) in [6.07, 6.45) is 0. The largest absolute Gasteiger partial charge is 0.324 e. The molecule has 4 heteroatoms. The topological polar surface area (TPSA) is 49.4 Å². The molecule has 1 unspecified atom stereocenters. The summed E-state index contributed by atoms with van der Waals surface area (Å²) < 4.78 is 0. The third-order valence-corrected chi connectivity index (χ3v) is 4.27. The number of carbonyl (C=O) groups excluding carboxylic acids is 2. The Morgan fingerprint density at radius 2 is 1.59 bits per heavy atom. The van der Waals surface area contributed by atoms with E-state index < -0.39 is 6.04 Å². The first kappa shape index (κ1) is 12.8. The number of amides is 3. The van der Waals surface area contributed by atoms with E-state index in [0.717, 1.165) is 27.1 Å². The van der Waals surface area contributed by atoms with Gasteiger partial charge in [-0.05, 0) is 33.2 Å². The Morgan fingerprint density at radius 1 is 0.909 bits per heavy atom. The molecule has 4 nitrogen and oxygen atoms in total. The molecule has 0 spiro atoms. The Hall–Kier alpha value is -2.88. The first-order valence-electron chi connectivity index (χ1n) is 7.14. The highest BCUT2D eigenvalue weighted by atomic mass is 16.2. The van der Waals surface area contributed by atoms with Crippen molar-refractivity contribution in [1.82, 2.24) is 10.2 Å². The predicted molar refractivity (Wildman–Crippen MR) is 85.5 cm³/mol. The van der Waals surface area contributed by atoms with Gasteiger partial charge in [0, 0.05) is 7.05 Å². The van der Waals surface area contributed by atoms with E-state index in [1.165, 1.54) is 4.90 Å². The van der Waals surface area contributed by atoms with Crippen LogP contribution in [0.5, 0.6) is 0 Å². The summed E-state index contributed by atoms with van der Waals surface area (Å²) in [5.41, 5.74) is 0.828. The second kappa shape index (κ2) is 4.56. The molecule has 1 N–H and O–H groups in total. The van der Waals surface area contributed by atoms with Crippen molar-refractivity contribution in [3.63, 3.8) is 0 Å². The molecule has 0 saturated carbocycles. The lowest BCUT2D eigenvalue weighted by Crippen LogP contribution is -2.25. The van der Waals surface area contributed by atoms with Gasteiger partial charge in [0.2, 0.25) is 0 Å². The zero-order valence-corrected chi connectivity index (χ0v) is 12.0. The molecule has 0 aliphatic carbocycles. The molecule has 108 valence electrons. The van der Waals surface area contributed by atoms with E-state index >= 15 is 0 Å². The van der Waals surface area contributed by atoms with Crippen molar-refractivity contribution in [2.75, 3.05) is 7.05 Å². The molecule has 1 saturated heterocycles. The number of carbonyl (C=O) groups is 2. The van der Waals surface area contributed by atoms with Crippen LogP contribution in [0, 0.1) is 0 Å². The Labute approximate surface area is 127 Å². The van der Waals surface area contributed by atoms with Crippen LogP contribution in [-0.2, 0) is 4.79 Å². The van der Waals surface area contributed by atoms with Crippen LogP contribution < -0.4 is 5.32 Å². The predicted octanol–water partition coefficient (Wildman–Crippen LogP) is 3.22. The quantitative estimate of drug-likeness (QED) is 0.552. The van der Waals surface area contributed by atoms with Gasteiger partial charge in [0.25, 0.3) is 5.91 Å². The summed E-state index contributed by atoms with van der Waals surface area (Å²) in [7, 11) is 1.64. The number of rotatable bonds is 1. The average Bonchev–Trinajstić information content (AvgIpc) is 2.79. The summed E-state index contributed by atoms with van der Waals surface area (Å²) in [4.78, 5) is 25.1. The molecule has 3 amide bonds. The van der Waals surface area contributed by atoms with Crippen molar-refractivity contribution in [3.8, 4) is 0 Å². The van der Waals surface area contributed by atoms with Crippen LogP contribution in [-0.4, -0.2) is 23.9 Å². The second-order valence-corrected chi connectivity index (χ2v) is 5.58. The molecule has 0 radical (unpaired) electrons. The molecule has 3 aromatic rings. The van der Waals surface area contributed by atoms with Gasteiger partial charge in [-0.3, -0.25) is 10.1 Å². The zero-order chi connectivity index (χ0) is 15.3. The van der Waals surface area contributed by atoms with E-state index in [0.29, 0.717) is 0 Å². The maximum absolute atomic E-state index is 12.0. The fourth-order valence-electron chi connectivity index (χ4n) is 3.12. The van der Waals surface area contributed by atoms with Crippen molar-refractivity contribution in [1.29, 1.82) is 0 Å². The Morgan fingerprint density at radius 3 is 2.32 bits per heavy atom. The highest BCUT2D eigenvalue weighted by molar-refractivity contribution is 6.09. The number of fused-ring (bicyclic) bond motifs is 3. The van der Waals surface area contributed by atoms with E-state index in [-0.39, 0.29) is 11.9 Å². The molecule has 1 fully saturated rings. The molecule has 1 heterocycles. The molecule has 1 atom stereocenters. The van der Waals surface area contributed by atoms with Gasteiger partial charge in [-0.25, -0.2) is 4.79 Å². The van der Waals surface area contributed by atoms with Gasteiger partial charge in [0.05, 0.1) is 0 Å². The molecule has 4 rings (SSSR count). The first-order valence-corrected chi connectivity index (χ1v) is 7.14. The Kier molecular flexibility index (Phi) is 2.66. The smallest absolute Gasteiger partial charge is 0.311 e. The lowest BCUT2D eigenvalue weighted by atomic mass is 9.97. The van der Waals surface area contributed by atoms with E-state index in [4.69, 9.17) is 0 Å². The van der Waals surface area contributed by atoms with Crippen molar-refractivity contribution < 1.29 is 9.59 Å². The zero-order valence-electron chi connectivity index (χ0n) is 12.0. The van der Waals surface area contributed by atoms with Gasteiger partial charge in [-0.15, -0.1) is 0 Å². The van der Waals surface area contributed by atoms with E-state index in [9.17, 15) is 9.59 Å². The van der Waals surface area contributed by atoms with Crippen LogP contribution in [0.15, 0.2) is 54.6 Å². The number of hydrogen-bond donors (Lipinski definition) is 1. The van der Waals surface area contributed by atoms with Crippen LogP contribution in [0.25, 0.3) is 21.5 Å². The van der Waals surface area contributed by atoms with Gasteiger partial charge in [0.15, 0.2) is 0 Å². The van der Waals surface area contributed by atoms with Crippen LogP contribution in [0.1, 0.15) is 11.6 Å². The first-order chi connectivity index (χ1) is 10.6. The summed E-state index contributed by atoms with van der Waals surface area (Å²) in [6, 6.07) is 17.3. The summed E-state index contributed by atoms with van der Waals surface area (Å²) >= 11 is 0. The van der Waals surface area contributed by atoms with Crippen LogP contribution in [0.4, 0.5) is 4.79 Å². The number of benzene rings is 3. The van der Waals surface area contributed by atoms with Gasteiger partial charge < -0.3 is 4.90 Å². The Bertz CT molecular complexity index is 933. The summed E-state index contributed by atoms with van der Waals surface area (Å²) in [6.45, 7) is 0. The maximum Gasteiger partial charge on any atom is 0.324 e. The third kappa shape index (κ3) is 1.77. The van der Waals surface area contributed by atoms with Crippen molar-refractivity contribution in [2.45, 2.75) is 6.04 Å². The van der Waals surface area contributed by atoms with Crippen LogP contribution >= 0.6 is 0 Å². The lowest BCUT2D eigenvalue weighted by Gasteiger charge is -2.17. The SMILES string of the molecule is CN1C(=O)NC(=O)C1c1ccc2ccc3ccccc3c2c1. The number of nitrogens with one attached hydrogen (secondary N) is 1. The number of urea groups is 1. The highest BCUT2D eigenvalue weighted by Gasteiger charge is 2.36. The average molecular weight is 290 g/mol. The van der Waals surface area contributed by atoms with E-state index in [2.05, 4.69) is 29.6 Å². The maximum atomic E-state index is 12.0. The summed E-state index contributed by atoms with van der Waals surface area (Å²) in [5, 5.41) is 6.87.